The molecular formula is C22H29NO4. The third-order valence-electron chi connectivity index (χ3n) is 6.99. The summed E-state index contributed by atoms with van der Waals surface area (Å²) in [6.45, 7) is 8.67. The highest BCUT2D eigenvalue weighted by Gasteiger charge is 2.82. The van der Waals surface area contributed by atoms with E-state index < -0.39 is 22.7 Å². The first-order chi connectivity index (χ1) is 12.8. The van der Waals surface area contributed by atoms with Crippen molar-refractivity contribution in [2.75, 3.05) is 6.61 Å². The molecule has 2 heterocycles. The fourth-order valence-corrected chi connectivity index (χ4v) is 5.73. The van der Waals surface area contributed by atoms with Crippen molar-refractivity contribution in [3.63, 3.8) is 0 Å². The second-order valence-electron chi connectivity index (χ2n) is 8.89. The Labute approximate surface area is 161 Å². The predicted octanol–water partition coefficient (Wildman–Crippen LogP) is 3.52. The number of amides is 1. The normalized spacial score (nSPS) is 36.6. The van der Waals surface area contributed by atoms with E-state index in [4.69, 9.17) is 9.47 Å². The molecule has 3 aliphatic rings. The molecule has 5 nitrogen and oxygen atoms in total. The summed E-state index contributed by atoms with van der Waals surface area (Å²) in [5, 5.41) is 0. The smallest absolute Gasteiger partial charge is 0.349 e. The molecule has 1 amide bonds. The second-order valence-corrected chi connectivity index (χ2v) is 8.89. The highest BCUT2D eigenvalue weighted by molar-refractivity contribution is 6.10. The van der Waals surface area contributed by atoms with Gasteiger partial charge < -0.3 is 14.4 Å². The summed E-state index contributed by atoms with van der Waals surface area (Å²) in [5.74, 6) is -0.205. The maximum Gasteiger partial charge on any atom is 0.349 e. The zero-order chi connectivity index (χ0) is 19.4. The molecule has 0 unspecified atom stereocenters. The number of fused-ring (bicyclic) bond motifs is 1. The molecule has 0 radical (unpaired) electrons. The van der Waals surface area contributed by atoms with E-state index in [9.17, 15) is 9.59 Å². The van der Waals surface area contributed by atoms with Gasteiger partial charge in [-0.3, -0.25) is 4.79 Å². The lowest BCUT2D eigenvalue weighted by Gasteiger charge is -2.52. The van der Waals surface area contributed by atoms with Crippen LogP contribution in [0, 0.1) is 17.3 Å². The van der Waals surface area contributed by atoms with E-state index in [0.29, 0.717) is 12.5 Å². The number of hydrogen-bond acceptors (Lipinski definition) is 4. The van der Waals surface area contributed by atoms with Crippen LogP contribution in [0.15, 0.2) is 30.3 Å². The number of rotatable bonds is 4. The fraction of sp³-hybridized carbons (Fsp3) is 0.636. The lowest BCUT2D eigenvalue weighted by atomic mass is 9.58. The first kappa shape index (κ1) is 18.5. The second kappa shape index (κ2) is 6.06. The third-order valence-corrected chi connectivity index (χ3v) is 6.99. The Morgan fingerprint density at radius 2 is 1.96 bits per heavy atom. The van der Waals surface area contributed by atoms with Crippen LogP contribution in [0.2, 0.25) is 0 Å². The molecule has 4 rings (SSSR count). The summed E-state index contributed by atoms with van der Waals surface area (Å²) in [6, 6.07) is 9.93. The molecule has 1 saturated carbocycles. The van der Waals surface area contributed by atoms with Crippen molar-refractivity contribution in [1.82, 2.24) is 4.90 Å². The zero-order valence-electron chi connectivity index (χ0n) is 16.7. The Morgan fingerprint density at radius 3 is 2.63 bits per heavy atom. The summed E-state index contributed by atoms with van der Waals surface area (Å²) in [7, 11) is 0. The molecule has 1 aliphatic carbocycles. The van der Waals surface area contributed by atoms with Crippen LogP contribution in [0.25, 0.3) is 0 Å². The Hall–Kier alpha value is -1.88. The minimum atomic E-state index is -1.54. The quantitative estimate of drug-likeness (QED) is 0.600. The number of nitrogens with zero attached hydrogens (tertiary/aromatic N) is 1. The molecule has 4 atom stereocenters. The van der Waals surface area contributed by atoms with E-state index in [1.807, 2.05) is 49.1 Å². The highest BCUT2D eigenvalue weighted by atomic mass is 16.6. The first-order valence-corrected chi connectivity index (χ1v) is 10.0. The Morgan fingerprint density at radius 1 is 1.26 bits per heavy atom. The van der Waals surface area contributed by atoms with E-state index in [2.05, 4.69) is 6.92 Å². The highest BCUT2D eigenvalue weighted by Crippen LogP contribution is 2.67. The van der Waals surface area contributed by atoms with Crippen LogP contribution in [-0.4, -0.2) is 34.7 Å². The van der Waals surface area contributed by atoms with Crippen molar-refractivity contribution in [3.05, 3.63) is 35.9 Å². The van der Waals surface area contributed by atoms with Gasteiger partial charge in [-0.15, -0.1) is 0 Å². The van der Waals surface area contributed by atoms with E-state index in [1.54, 1.807) is 6.92 Å². The van der Waals surface area contributed by atoms with Crippen LogP contribution in [0.1, 0.15) is 52.5 Å². The SMILES string of the molecule is CCOC(=O)[C@@]12O[C@@]3(C[C@H](C)CC[C@H]3C1(C)C)N(Cc1ccccc1)C2=O. The number of likely N-dealkylation sites (tertiary alicyclic amines) is 1. The van der Waals surface area contributed by atoms with Crippen LogP contribution in [0.4, 0.5) is 0 Å². The van der Waals surface area contributed by atoms with Gasteiger partial charge >= 0.3 is 5.97 Å². The summed E-state index contributed by atoms with van der Waals surface area (Å²) in [6.07, 6.45) is 2.81. The van der Waals surface area contributed by atoms with Crippen LogP contribution in [0.3, 0.4) is 0 Å². The van der Waals surface area contributed by atoms with Gasteiger partial charge in [0.1, 0.15) is 5.72 Å². The fourth-order valence-electron chi connectivity index (χ4n) is 5.73. The maximum atomic E-state index is 13.7. The monoisotopic (exact) mass is 371 g/mol. The number of carbonyl (C=O) groups excluding carboxylic acids is 2. The molecule has 5 heteroatoms. The number of hydrogen-bond donors (Lipinski definition) is 0. The van der Waals surface area contributed by atoms with Crippen molar-refractivity contribution >= 4 is 11.9 Å². The molecule has 3 fully saturated rings. The average Bonchev–Trinajstić information content (AvgIpc) is 2.99. The molecule has 1 aromatic rings. The lowest BCUT2D eigenvalue weighted by Crippen LogP contribution is -2.66. The van der Waals surface area contributed by atoms with Gasteiger partial charge in [-0.1, -0.05) is 57.5 Å². The number of carbonyl (C=O) groups is 2. The summed E-state index contributed by atoms with van der Waals surface area (Å²) in [5.41, 5.74) is -1.80. The number of benzene rings is 1. The predicted molar refractivity (Wildman–Crippen MR) is 100 cm³/mol. The molecule has 146 valence electrons. The summed E-state index contributed by atoms with van der Waals surface area (Å²) in [4.78, 5) is 28.6. The number of piperidine rings is 1. The Bertz CT molecular complexity index is 761. The van der Waals surface area contributed by atoms with Gasteiger partial charge in [0.2, 0.25) is 0 Å². The summed E-state index contributed by atoms with van der Waals surface area (Å²) >= 11 is 0. The third kappa shape index (κ3) is 2.27. The molecular weight excluding hydrogens is 342 g/mol. The van der Waals surface area contributed by atoms with Crippen LogP contribution >= 0.6 is 0 Å². The van der Waals surface area contributed by atoms with Crippen molar-refractivity contribution in [2.45, 2.75) is 64.8 Å². The molecule has 1 spiro atoms. The van der Waals surface area contributed by atoms with E-state index in [0.717, 1.165) is 24.8 Å². The van der Waals surface area contributed by atoms with Crippen molar-refractivity contribution in [3.8, 4) is 0 Å². The van der Waals surface area contributed by atoms with Gasteiger partial charge in [-0.25, -0.2) is 4.79 Å². The zero-order valence-corrected chi connectivity index (χ0v) is 16.7. The van der Waals surface area contributed by atoms with Crippen molar-refractivity contribution in [1.29, 1.82) is 0 Å². The first-order valence-electron chi connectivity index (χ1n) is 10.0. The van der Waals surface area contributed by atoms with Crippen LogP contribution in [0.5, 0.6) is 0 Å². The number of esters is 1. The molecule has 0 aromatic heterocycles. The summed E-state index contributed by atoms with van der Waals surface area (Å²) < 4.78 is 11.9. The minimum absolute atomic E-state index is 0.118. The van der Waals surface area contributed by atoms with Gasteiger partial charge in [-0.05, 0) is 31.2 Å². The van der Waals surface area contributed by atoms with E-state index >= 15 is 0 Å². The largest absolute Gasteiger partial charge is 0.463 e. The maximum absolute atomic E-state index is 13.7. The molecule has 0 N–H and O–H groups in total. The van der Waals surface area contributed by atoms with E-state index in [1.165, 1.54) is 0 Å². The van der Waals surface area contributed by atoms with Crippen LogP contribution in [-0.2, 0) is 25.6 Å². The van der Waals surface area contributed by atoms with E-state index in [-0.39, 0.29) is 18.4 Å². The van der Waals surface area contributed by atoms with Gasteiger partial charge in [0, 0.05) is 17.9 Å². The number of ether oxygens (including phenoxy) is 2. The van der Waals surface area contributed by atoms with Crippen LogP contribution < -0.4 is 0 Å². The van der Waals surface area contributed by atoms with Crippen molar-refractivity contribution in [2.24, 2.45) is 17.3 Å². The minimum Gasteiger partial charge on any atom is -0.463 e. The Kier molecular flexibility index (Phi) is 4.15. The molecule has 1 aromatic carbocycles. The molecule has 2 saturated heterocycles. The van der Waals surface area contributed by atoms with Gasteiger partial charge in [0.25, 0.3) is 11.5 Å². The lowest BCUT2D eigenvalue weighted by molar-refractivity contribution is -0.180. The van der Waals surface area contributed by atoms with Crippen molar-refractivity contribution < 1.29 is 19.1 Å². The molecule has 2 bridgehead atoms. The van der Waals surface area contributed by atoms with Gasteiger partial charge in [0.15, 0.2) is 0 Å². The van der Waals surface area contributed by atoms with Gasteiger partial charge in [-0.2, -0.15) is 0 Å². The van der Waals surface area contributed by atoms with Gasteiger partial charge in [0.05, 0.1) is 6.61 Å². The topological polar surface area (TPSA) is 55.8 Å². The Balaban J connectivity index is 1.82. The average molecular weight is 371 g/mol. The molecule has 2 aliphatic heterocycles. The standard InChI is InChI=1S/C22H29NO4/c1-5-26-19(25)22-18(24)23(14-16-9-7-6-8-10-16)21(27-22)13-15(2)11-12-17(21)20(22,3)4/h6-10,15,17H,5,11-14H2,1-4H3/t15-,17+,21-,22-/m1/s1. The molecule has 27 heavy (non-hydrogen) atoms.